The molecule has 5 rings (SSSR count). The zero-order valence-corrected chi connectivity index (χ0v) is 23.1. The highest BCUT2D eigenvalue weighted by Crippen LogP contribution is 2.32. The van der Waals surface area contributed by atoms with Crippen LogP contribution in [0.15, 0.2) is 73.1 Å². The van der Waals surface area contributed by atoms with Gasteiger partial charge in [-0.1, -0.05) is 48.0 Å². The maximum atomic E-state index is 12.2. The fraction of sp³-hybridized carbons (Fsp3) is 0.300. The number of benzene rings is 2. The number of H-pyrrole nitrogens is 1. The lowest BCUT2D eigenvalue weighted by Crippen LogP contribution is -2.39. The molecular weight excluding hydrogens is 510 g/mol. The Kier molecular flexibility index (Phi) is 8.56. The second-order valence-corrected chi connectivity index (χ2v) is 10.6. The number of nitrogens with one attached hydrogen (secondary N) is 3. The van der Waals surface area contributed by atoms with Crippen LogP contribution in [0.1, 0.15) is 18.4 Å². The number of carbonyl (C=O) groups is 1. The summed E-state index contributed by atoms with van der Waals surface area (Å²) in [5, 5.41) is 8.10. The number of amides is 1. The summed E-state index contributed by atoms with van der Waals surface area (Å²) in [6.07, 6.45) is 9.03. The fourth-order valence-corrected chi connectivity index (χ4v) is 5.06. The number of rotatable bonds is 9. The Balaban J connectivity index is 1.15. The van der Waals surface area contributed by atoms with Gasteiger partial charge in [0.1, 0.15) is 0 Å². The van der Waals surface area contributed by atoms with Crippen molar-refractivity contribution in [1.29, 1.82) is 0 Å². The summed E-state index contributed by atoms with van der Waals surface area (Å²) in [6, 6.07) is 16.5. The molecule has 2 aromatic heterocycles. The summed E-state index contributed by atoms with van der Waals surface area (Å²) in [5.74, 6) is 0.486. The molecule has 0 bridgehead atoms. The molecule has 3 heterocycles. The maximum Gasteiger partial charge on any atom is 0.248 e. The molecule has 1 saturated heterocycles. The van der Waals surface area contributed by atoms with Gasteiger partial charge in [-0.25, -0.2) is 9.97 Å². The van der Waals surface area contributed by atoms with Crippen molar-refractivity contribution >= 4 is 40.0 Å². The third-order valence-corrected chi connectivity index (χ3v) is 7.13. The van der Waals surface area contributed by atoms with E-state index in [1.54, 1.807) is 12.3 Å². The number of hydrogen-bond donors (Lipinski definition) is 3. The molecule has 0 spiro atoms. The van der Waals surface area contributed by atoms with E-state index in [0.717, 1.165) is 66.9 Å². The summed E-state index contributed by atoms with van der Waals surface area (Å²) >= 11 is 6.50. The van der Waals surface area contributed by atoms with Crippen LogP contribution < -0.4 is 10.6 Å². The summed E-state index contributed by atoms with van der Waals surface area (Å²) in [7, 11) is 3.94. The molecule has 1 aliphatic heterocycles. The lowest BCUT2D eigenvalue weighted by Gasteiger charge is -2.32. The van der Waals surface area contributed by atoms with Gasteiger partial charge in [-0.15, -0.1) is 0 Å². The van der Waals surface area contributed by atoms with Crippen molar-refractivity contribution in [3.63, 3.8) is 0 Å². The second-order valence-electron chi connectivity index (χ2n) is 10.2. The number of aromatic nitrogens is 3. The molecule has 9 heteroatoms. The number of halogens is 1. The van der Waals surface area contributed by atoms with E-state index in [1.807, 2.05) is 61.6 Å². The topological polar surface area (TPSA) is 89.2 Å². The SMILES string of the molecule is CN(C)CC=CC(=O)Nc1cccc(CN2CCC(Nc3ncc(Cl)c(-c4c[nH]c5ccccc45)n3)CC2)c1. The molecule has 1 fully saturated rings. The average Bonchev–Trinajstić information content (AvgIpc) is 3.35. The van der Waals surface area contributed by atoms with E-state index in [0.29, 0.717) is 11.0 Å². The summed E-state index contributed by atoms with van der Waals surface area (Å²) < 4.78 is 0. The van der Waals surface area contributed by atoms with Crippen molar-refractivity contribution in [2.75, 3.05) is 44.4 Å². The van der Waals surface area contributed by atoms with E-state index in [9.17, 15) is 4.79 Å². The largest absolute Gasteiger partial charge is 0.360 e. The number of carbonyl (C=O) groups excluding carboxylic acids is 1. The van der Waals surface area contributed by atoms with E-state index in [2.05, 4.69) is 43.7 Å². The van der Waals surface area contributed by atoms with Gasteiger partial charge in [0.25, 0.3) is 0 Å². The van der Waals surface area contributed by atoms with Crippen LogP contribution in [-0.2, 0) is 11.3 Å². The van der Waals surface area contributed by atoms with E-state index in [1.165, 1.54) is 5.56 Å². The smallest absolute Gasteiger partial charge is 0.248 e. The first-order valence-electron chi connectivity index (χ1n) is 13.2. The molecule has 202 valence electrons. The number of para-hydroxylation sites is 1. The minimum absolute atomic E-state index is 0.113. The van der Waals surface area contributed by atoms with Crippen LogP contribution in [0.2, 0.25) is 5.02 Å². The van der Waals surface area contributed by atoms with Crippen LogP contribution in [0.3, 0.4) is 0 Å². The average molecular weight is 544 g/mol. The first kappa shape index (κ1) is 26.9. The number of fused-ring (bicyclic) bond motifs is 1. The van der Waals surface area contributed by atoms with Gasteiger partial charge in [-0.05, 0) is 50.7 Å². The van der Waals surface area contributed by atoms with Crippen molar-refractivity contribution in [2.45, 2.75) is 25.4 Å². The predicted octanol–water partition coefficient (Wildman–Crippen LogP) is 5.41. The van der Waals surface area contributed by atoms with Gasteiger partial charge in [0.15, 0.2) is 0 Å². The minimum Gasteiger partial charge on any atom is -0.360 e. The second kappa shape index (κ2) is 12.4. The van der Waals surface area contributed by atoms with Crippen LogP contribution >= 0.6 is 11.6 Å². The lowest BCUT2D eigenvalue weighted by atomic mass is 10.0. The highest BCUT2D eigenvalue weighted by atomic mass is 35.5. The highest BCUT2D eigenvalue weighted by molar-refractivity contribution is 6.33. The lowest BCUT2D eigenvalue weighted by molar-refractivity contribution is -0.111. The molecule has 0 saturated carbocycles. The van der Waals surface area contributed by atoms with Crippen molar-refractivity contribution in [3.05, 3.63) is 83.7 Å². The van der Waals surface area contributed by atoms with Crippen molar-refractivity contribution in [3.8, 4) is 11.3 Å². The van der Waals surface area contributed by atoms with Gasteiger partial charge < -0.3 is 20.5 Å². The van der Waals surface area contributed by atoms with E-state index in [4.69, 9.17) is 16.6 Å². The van der Waals surface area contributed by atoms with Crippen LogP contribution in [0, 0.1) is 0 Å². The molecule has 3 N–H and O–H groups in total. The first-order chi connectivity index (χ1) is 18.9. The third-order valence-electron chi connectivity index (χ3n) is 6.85. The van der Waals surface area contributed by atoms with Crippen LogP contribution in [0.4, 0.5) is 11.6 Å². The number of aromatic amines is 1. The van der Waals surface area contributed by atoms with Crippen molar-refractivity contribution < 1.29 is 4.79 Å². The van der Waals surface area contributed by atoms with Gasteiger partial charge >= 0.3 is 0 Å². The Hall–Kier alpha value is -3.72. The van der Waals surface area contributed by atoms with E-state index >= 15 is 0 Å². The number of likely N-dealkylation sites (N-methyl/N-ethyl adjacent to an activating group) is 1. The van der Waals surface area contributed by atoms with Crippen LogP contribution in [-0.4, -0.2) is 70.4 Å². The zero-order chi connectivity index (χ0) is 27.2. The van der Waals surface area contributed by atoms with E-state index in [-0.39, 0.29) is 11.9 Å². The number of nitrogens with zero attached hydrogens (tertiary/aromatic N) is 4. The normalized spacial score (nSPS) is 14.9. The number of anilines is 2. The molecule has 2 aromatic carbocycles. The molecular formula is C30H34ClN7O. The third kappa shape index (κ3) is 7.03. The Bertz CT molecular complexity index is 1460. The molecule has 0 radical (unpaired) electrons. The number of piperidine rings is 1. The maximum absolute atomic E-state index is 12.2. The summed E-state index contributed by atoms with van der Waals surface area (Å²) in [6.45, 7) is 3.50. The molecule has 4 aromatic rings. The van der Waals surface area contributed by atoms with Gasteiger partial charge in [0, 0.05) is 66.6 Å². The molecule has 1 aliphatic rings. The Morgan fingerprint density at radius 2 is 2.00 bits per heavy atom. The Labute approximate surface area is 234 Å². The van der Waals surface area contributed by atoms with Gasteiger partial charge in [-0.3, -0.25) is 9.69 Å². The van der Waals surface area contributed by atoms with Crippen LogP contribution in [0.5, 0.6) is 0 Å². The fourth-order valence-electron chi connectivity index (χ4n) is 4.87. The summed E-state index contributed by atoms with van der Waals surface area (Å²) in [4.78, 5) is 29.2. The standard InChI is InChI=1S/C30H34ClN7O/c1-37(2)14-6-11-28(39)34-23-8-5-7-21(17-23)20-38-15-12-22(13-16-38)35-30-33-19-26(31)29(36-30)25-18-32-27-10-4-3-9-24(25)27/h3-11,17-19,22,32H,12-16,20H2,1-2H3,(H,34,39)(H,33,35,36). The number of hydrogen-bond acceptors (Lipinski definition) is 6. The minimum atomic E-state index is -0.113. The predicted molar refractivity (Wildman–Crippen MR) is 159 cm³/mol. The first-order valence-corrected chi connectivity index (χ1v) is 13.6. The Morgan fingerprint density at radius 3 is 2.82 bits per heavy atom. The quantitative estimate of drug-likeness (QED) is 0.245. The van der Waals surface area contributed by atoms with Crippen LogP contribution in [0.25, 0.3) is 22.2 Å². The van der Waals surface area contributed by atoms with Crippen molar-refractivity contribution in [2.24, 2.45) is 0 Å². The van der Waals surface area contributed by atoms with E-state index < -0.39 is 0 Å². The zero-order valence-electron chi connectivity index (χ0n) is 22.3. The Morgan fingerprint density at radius 1 is 1.18 bits per heavy atom. The molecule has 39 heavy (non-hydrogen) atoms. The number of likely N-dealkylation sites (tertiary alicyclic amines) is 1. The highest BCUT2D eigenvalue weighted by Gasteiger charge is 2.21. The molecule has 0 aliphatic carbocycles. The van der Waals surface area contributed by atoms with Crippen molar-refractivity contribution in [1.82, 2.24) is 24.8 Å². The molecule has 1 amide bonds. The van der Waals surface area contributed by atoms with Gasteiger partial charge in [-0.2, -0.15) is 0 Å². The van der Waals surface area contributed by atoms with Gasteiger partial charge in [0.2, 0.25) is 11.9 Å². The van der Waals surface area contributed by atoms with Gasteiger partial charge in [0.05, 0.1) is 16.9 Å². The molecule has 0 atom stereocenters. The molecule has 8 nitrogen and oxygen atoms in total. The monoisotopic (exact) mass is 543 g/mol. The summed E-state index contributed by atoms with van der Waals surface area (Å²) in [5.41, 5.74) is 4.74. The molecule has 0 unspecified atom stereocenters.